The highest BCUT2D eigenvalue weighted by Crippen LogP contribution is 2.24. The summed E-state index contributed by atoms with van der Waals surface area (Å²) in [6.07, 6.45) is 0. The van der Waals surface area contributed by atoms with Gasteiger partial charge >= 0.3 is 6.03 Å². The Morgan fingerprint density at radius 2 is 1.53 bits per heavy atom. The van der Waals surface area contributed by atoms with E-state index in [0.29, 0.717) is 13.5 Å². The second-order valence-electron chi connectivity index (χ2n) is 4.68. The standard InChI is InChI=1S/C10H20N2O3/c1-10(2)5-11(7-14-3)9(13)12(6-10)8-15-4/h5-8H2,1-4H3. The van der Waals surface area contributed by atoms with Crippen molar-refractivity contribution < 1.29 is 14.3 Å². The fraction of sp³-hybridized carbons (Fsp3) is 0.900. The van der Waals surface area contributed by atoms with Crippen molar-refractivity contribution in [1.82, 2.24) is 9.80 Å². The third kappa shape index (κ3) is 3.07. The van der Waals surface area contributed by atoms with Crippen molar-refractivity contribution in [2.75, 3.05) is 40.8 Å². The van der Waals surface area contributed by atoms with E-state index in [-0.39, 0.29) is 11.4 Å². The monoisotopic (exact) mass is 216 g/mol. The Bertz CT molecular complexity index is 211. The Hall–Kier alpha value is -0.810. The van der Waals surface area contributed by atoms with Gasteiger partial charge in [0, 0.05) is 32.7 Å². The van der Waals surface area contributed by atoms with Crippen molar-refractivity contribution in [2.24, 2.45) is 5.41 Å². The van der Waals surface area contributed by atoms with E-state index in [1.54, 1.807) is 24.0 Å². The largest absolute Gasteiger partial charge is 0.364 e. The number of urea groups is 1. The van der Waals surface area contributed by atoms with Crippen LogP contribution in [0.15, 0.2) is 0 Å². The van der Waals surface area contributed by atoms with Crippen molar-refractivity contribution in [1.29, 1.82) is 0 Å². The maximum absolute atomic E-state index is 11.9. The van der Waals surface area contributed by atoms with E-state index >= 15 is 0 Å². The van der Waals surface area contributed by atoms with Crippen LogP contribution in [0.1, 0.15) is 13.8 Å². The molecular formula is C10H20N2O3. The van der Waals surface area contributed by atoms with Crippen molar-refractivity contribution in [2.45, 2.75) is 13.8 Å². The molecular weight excluding hydrogens is 196 g/mol. The lowest BCUT2D eigenvalue weighted by atomic mass is 9.90. The van der Waals surface area contributed by atoms with Gasteiger partial charge in [0.15, 0.2) is 0 Å². The van der Waals surface area contributed by atoms with Gasteiger partial charge in [-0.2, -0.15) is 0 Å². The summed E-state index contributed by atoms with van der Waals surface area (Å²) >= 11 is 0. The molecule has 1 saturated heterocycles. The summed E-state index contributed by atoms with van der Waals surface area (Å²) in [4.78, 5) is 15.3. The third-order valence-corrected chi connectivity index (χ3v) is 2.35. The fourth-order valence-corrected chi connectivity index (χ4v) is 1.93. The minimum absolute atomic E-state index is 0.0157. The zero-order valence-electron chi connectivity index (χ0n) is 9.95. The van der Waals surface area contributed by atoms with E-state index in [4.69, 9.17) is 9.47 Å². The molecule has 1 heterocycles. The predicted octanol–water partition coefficient (Wildman–Crippen LogP) is 0.958. The smallest absolute Gasteiger partial charge is 0.323 e. The third-order valence-electron chi connectivity index (χ3n) is 2.35. The van der Waals surface area contributed by atoms with Gasteiger partial charge < -0.3 is 19.3 Å². The molecule has 0 bridgehead atoms. The van der Waals surface area contributed by atoms with E-state index in [9.17, 15) is 4.79 Å². The molecule has 1 rings (SSSR count). The fourth-order valence-electron chi connectivity index (χ4n) is 1.93. The normalized spacial score (nSPS) is 20.9. The number of nitrogens with zero attached hydrogens (tertiary/aromatic N) is 2. The number of methoxy groups -OCH3 is 2. The van der Waals surface area contributed by atoms with Gasteiger partial charge in [-0.25, -0.2) is 4.79 Å². The first-order valence-corrected chi connectivity index (χ1v) is 5.02. The minimum Gasteiger partial charge on any atom is -0.364 e. The van der Waals surface area contributed by atoms with Gasteiger partial charge in [0.05, 0.1) is 0 Å². The summed E-state index contributed by atoms with van der Waals surface area (Å²) in [5, 5.41) is 0. The average molecular weight is 216 g/mol. The first kappa shape index (κ1) is 12.3. The van der Waals surface area contributed by atoms with Crippen LogP contribution in [0.2, 0.25) is 0 Å². The topological polar surface area (TPSA) is 42.0 Å². The van der Waals surface area contributed by atoms with E-state index in [1.807, 2.05) is 0 Å². The molecule has 2 amide bonds. The van der Waals surface area contributed by atoms with Crippen LogP contribution in [0.3, 0.4) is 0 Å². The highest BCUT2D eigenvalue weighted by atomic mass is 16.5. The molecule has 5 heteroatoms. The second kappa shape index (κ2) is 4.81. The Kier molecular flexibility index (Phi) is 3.93. The van der Waals surface area contributed by atoms with Gasteiger partial charge in [-0.3, -0.25) is 0 Å². The van der Waals surface area contributed by atoms with E-state index in [0.717, 1.165) is 13.1 Å². The van der Waals surface area contributed by atoms with Gasteiger partial charge in [0.1, 0.15) is 13.5 Å². The molecule has 0 spiro atoms. The van der Waals surface area contributed by atoms with Crippen molar-refractivity contribution in [3.8, 4) is 0 Å². The highest BCUT2D eigenvalue weighted by Gasteiger charge is 2.36. The molecule has 0 aromatic rings. The summed E-state index contributed by atoms with van der Waals surface area (Å²) in [5.74, 6) is 0. The SMILES string of the molecule is COCN1CC(C)(C)CN(COC)C1=O. The number of ether oxygens (including phenoxy) is 2. The number of amides is 2. The maximum Gasteiger partial charge on any atom is 0.323 e. The van der Waals surface area contributed by atoms with Crippen molar-refractivity contribution in [3.63, 3.8) is 0 Å². The second-order valence-corrected chi connectivity index (χ2v) is 4.68. The molecule has 0 saturated carbocycles. The van der Waals surface area contributed by atoms with Crippen molar-refractivity contribution in [3.05, 3.63) is 0 Å². The number of carbonyl (C=O) groups excluding carboxylic acids is 1. The molecule has 0 N–H and O–H groups in total. The average Bonchev–Trinajstić information content (AvgIpc) is 2.13. The Labute approximate surface area is 90.9 Å². The Balaban J connectivity index is 2.69. The van der Waals surface area contributed by atoms with Crippen LogP contribution >= 0.6 is 0 Å². The van der Waals surface area contributed by atoms with Crippen LogP contribution in [0.5, 0.6) is 0 Å². The summed E-state index contributed by atoms with van der Waals surface area (Å²) in [7, 11) is 3.19. The number of hydrogen-bond acceptors (Lipinski definition) is 3. The highest BCUT2D eigenvalue weighted by molar-refractivity contribution is 5.75. The lowest BCUT2D eigenvalue weighted by Crippen LogP contribution is -2.57. The zero-order valence-corrected chi connectivity index (χ0v) is 9.95. The molecule has 0 radical (unpaired) electrons. The molecule has 1 aliphatic rings. The zero-order chi connectivity index (χ0) is 11.5. The molecule has 0 atom stereocenters. The lowest BCUT2D eigenvalue weighted by molar-refractivity contribution is -0.0199. The van der Waals surface area contributed by atoms with Crippen molar-refractivity contribution >= 4 is 6.03 Å². The molecule has 15 heavy (non-hydrogen) atoms. The van der Waals surface area contributed by atoms with E-state index in [2.05, 4.69) is 13.8 Å². The molecule has 0 unspecified atom stereocenters. The lowest BCUT2D eigenvalue weighted by Gasteiger charge is -2.43. The summed E-state index contributed by atoms with van der Waals surface area (Å²) < 4.78 is 10.0. The first-order chi connectivity index (χ1) is 7.00. The number of carbonyl (C=O) groups is 1. The van der Waals surface area contributed by atoms with Crippen LogP contribution in [0.4, 0.5) is 4.79 Å². The van der Waals surface area contributed by atoms with Crippen LogP contribution in [-0.4, -0.2) is 56.6 Å². The number of rotatable bonds is 4. The van der Waals surface area contributed by atoms with Gasteiger partial charge in [0.2, 0.25) is 0 Å². The van der Waals surface area contributed by atoms with Crippen LogP contribution in [0.25, 0.3) is 0 Å². The summed E-state index contributed by atoms with van der Waals surface area (Å²) in [6, 6.07) is -0.0157. The predicted molar refractivity (Wildman–Crippen MR) is 56.3 cm³/mol. The molecule has 88 valence electrons. The van der Waals surface area contributed by atoms with Gasteiger partial charge in [0.25, 0.3) is 0 Å². The molecule has 1 aliphatic heterocycles. The Morgan fingerprint density at radius 3 is 1.87 bits per heavy atom. The van der Waals surface area contributed by atoms with Crippen LogP contribution in [-0.2, 0) is 9.47 Å². The molecule has 0 aliphatic carbocycles. The summed E-state index contributed by atoms with van der Waals surface area (Å²) in [5.41, 5.74) is 0.0744. The number of hydrogen-bond donors (Lipinski definition) is 0. The Morgan fingerprint density at radius 1 is 1.13 bits per heavy atom. The van der Waals surface area contributed by atoms with E-state index < -0.39 is 0 Å². The minimum atomic E-state index is -0.0157. The van der Waals surface area contributed by atoms with E-state index in [1.165, 1.54) is 0 Å². The van der Waals surface area contributed by atoms with Gasteiger partial charge in [-0.05, 0) is 0 Å². The van der Waals surface area contributed by atoms with Gasteiger partial charge in [-0.15, -0.1) is 0 Å². The van der Waals surface area contributed by atoms with Crippen LogP contribution in [0, 0.1) is 5.41 Å². The molecule has 1 fully saturated rings. The molecule has 0 aromatic heterocycles. The van der Waals surface area contributed by atoms with Crippen LogP contribution < -0.4 is 0 Å². The first-order valence-electron chi connectivity index (χ1n) is 5.02. The molecule has 0 aromatic carbocycles. The summed E-state index contributed by atoms with van der Waals surface area (Å²) in [6.45, 7) is 6.38. The quantitative estimate of drug-likeness (QED) is 0.703. The maximum atomic E-state index is 11.9. The van der Waals surface area contributed by atoms with Gasteiger partial charge in [-0.1, -0.05) is 13.8 Å². The molecule has 5 nitrogen and oxygen atoms in total.